The minimum atomic E-state index is 0.308. The molecule has 6 nitrogen and oxygen atoms in total. The summed E-state index contributed by atoms with van der Waals surface area (Å²) in [5, 5.41) is 6.64. The van der Waals surface area contributed by atoms with Crippen LogP contribution >= 0.6 is 0 Å². The van der Waals surface area contributed by atoms with Crippen LogP contribution in [0, 0.1) is 0 Å². The second-order valence-electron chi connectivity index (χ2n) is 6.06. The van der Waals surface area contributed by atoms with Crippen molar-refractivity contribution in [3.63, 3.8) is 0 Å². The SMILES string of the molecule is CC(C)Nc1cc(-c2ccccn2)nc(NCCCN(C)C)n1. The highest BCUT2D eigenvalue weighted by molar-refractivity contribution is 5.61. The highest BCUT2D eigenvalue weighted by Gasteiger charge is 2.08. The highest BCUT2D eigenvalue weighted by atomic mass is 15.2. The summed E-state index contributed by atoms with van der Waals surface area (Å²) >= 11 is 0. The molecule has 0 bridgehead atoms. The molecule has 23 heavy (non-hydrogen) atoms. The first-order chi connectivity index (χ1) is 11.0. The molecule has 0 fully saturated rings. The van der Waals surface area contributed by atoms with Crippen molar-refractivity contribution in [1.29, 1.82) is 0 Å². The third-order valence-corrected chi connectivity index (χ3v) is 3.16. The van der Waals surface area contributed by atoms with Crippen LogP contribution in [0.1, 0.15) is 20.3 Å². The van der Waals surface area contributed by atoms with Crippen LogP contribution in [0.5, 0.6) is 0 Å². The van der Waals surface area contributed by atoms with E-state index < -0.39 is 0 Å². The van der Waals surface area contributed by atoms with Crippen LogP contribution in [0.4, 0.5) is 11.8 Å². The van der Waals surface area contributed by atoms with Gasteiger partial charge in [-0.2, -0.15) is 4.98 Å². The molecule has 0 saturated carbocycles. The third-order valence-electron chi connectivity index (χ3n) is 3.16. The average molecular weight is 314 g/mol. The predicted octanol–water partition coefficient (Wildman–Crippen LogP) is 2.72. The van der Waals surface area contributed by atoms with Gasteiger partial charge in [0.1, 0.15) is 5.82 Å². The minimum absolute atomic E-state index is 0.308. The zero-order chi connectivity index (χ0) is 16.7. The summed E-state index contributed by atoms with van der Waals surface area (Å²) in [6.45, 7) is 6.05. The normalized spacial score (nSPS) is 11.0. The number of aromatic nitrogens is 3. The van der Waals surface area contributed by atoms with E-state index in [-0.39, 0.29) is 0 Å². The first kappa shape index (κ1) is 17.1. The van der Waals surface area contributed by atoms with Crippen molar-refractivity contribution in [2.24, 2.45) is 0 Å². The number of hydrogen-bond donors (Lipinski definition) is 2. The lowest BCUT2D eigenvalue weighted by Gasteiger charge is -2.13. The van der Waals surface area contributed by atoms with Gasteiger partial charge >= 0.3 is 0 Å². The molecule has 0 aliphatic rings. The Morgan fingerprint density at radius 2 is 1.96 bits per heavy atom. The molecule has 0 amide bonds. The number of nitrogens with one attached hydrogen (secondary N) is 2. The molecule has 124 valence electrons. The molecule has 2 heterocycles. The molecular formula is C17H26N6. The van der Waals surface area contributed by atoms with Gasteiger partial charge in [-0.25, -0.2) is 4.98 Å². The van der Waals surface area contributed by atoms with Crippen molar-refractivity contribution in [3.05, 3.63) is 30.5 Å². The molecule has 0 spiro atoms. The lowest BCUT2D eigenvalue weighted by Crippen LogP contribution is -2.17. The van der Waals surface area contributed by atoms with Crippen LogP contribution in [-0.4, -0.2) is 53.1 Å². The Labute approximate surface area is 138 Å². The Bertz CT molecular complexity index is 597. The second-order valence-corrected chi connectivity index (χ2v) is 6.06. The van der Waals surface area contributed by atoms with E-state index in [1.165, 1.54) is 0 Å². The quantitative estimate of drug-likeness (QED) is 0.730. The fourth-order valence-electron chi connectivity index (χ4n) is 2.14. The van der Waals surface area contributed by atoms with Gasteiger partial charge in [0.15, 0.2) is 0 Å². The summed E-state index contributed by atoms with van der Waals surface area (Å²) in [7, 11) is 4.14. The van der Waals surface area contributed by atoms with Gasteiger partial charge in [0.25, 0.3) is 0 Å². The van der Waals surface area contributed by atoms with Crippen molar-refractivity contribution >= 4 is 11.8 Å². The van der Waals surface area contributed by atoms with E-state index in [1.807, 2.05) is 24.3 Å². The number of nitrogens with zero attached hydrogens (tertiary/aromatic N) is 4. The maximum atomic E-state index is 4.59. The molecule has 0 aromatic carbocycles. The van der Waals surface area contributed by atoms with Crippen LogP contribution < -0.4 is 10.6 Å². The van der Waals surface area contributed by atoms with E-state index in [0.717, 1.165) is 36.7 Å². The van der Waals surface area contributed by atoms with Gasteiger partial charge in [0, 0.05) is 24.8 Å². The van der Waals surface area contributed by atoms with Crippen molar-refractivity contribution in [1.82, 2.24) is 19.9 Å². The Morgan fingerprint density at radius 1 is 1.13 bits per heavy atom. The van der Waals surface area contributed by atoms with Gasteiger partial charge in [-0.15, -0.1) is 0 Å². The summed E-state index contributed by atoms with van der Waals surface area (Å²) < 4.78 is 0. The number of hydrogen-bond acceptors (Lipinski definition) is 6. The maximum Gasteiger partial charge on any atom is 0.225 e. The number of anilines is 2. The zero-order valence-electron chi connectivity index (χ0n) is 14.4. The minimum Gasteiger partial charge on any atom is -0.368 e. The molecule has 2 rings (SSSR count). The first-order valence-corrected chi connectivity index (χ1v) is 8.00. The monoisotopic (exact) mass is 314 g/mol. The molecule has 2 N–H and O–H groups in total. The van der Waals surface area contributed by atoms with E-state index in [2.05, 4.69) is 58.4 Å². The molecule has 0 unspecified atom stereocenters. The molecule has 6 heteroatoms. The Hall–Kier alpha value is -2.21. The molecule has 0 saturated heterocycles. The Morgan fingerprint density at radius 3 is 2.61 bits per heavy atom. The van der Waals surface area contributed by atoms with Crippen LogP contribution in [0.2, 0.25) is 0 Å². The summed E-state index contributed by atoms with van der Waals surface area (Å²) in [5.74, 6) is 1.45. The average Bonchev–Trinajstić information content (AvgIpc) is 2.51. The fourth-order valence-corrected chi connectivity index (χ4v) is 2.14. The van der Waals surface area contributed by atoms with E-state index in [0.29, 0.717) is 12.0 Å². The van der Waals surface area contributed by atoms with E-state index in [9.17, 15) is 0 Å². The molecular weight excluding hydrogens is 288 g/mol. The van der Waals surface area contributed by atoms with Crippen LogP contribution in [-0.2, 0) is 0 Å². The Kier molecular flexibility index (Phi) is 6.29. The van der Waals surface area contributed by atoms with Crippen LogP contribution in [0.15, 0.2) is 30.5 Å². The molecule has 2 aromatic heterocycles. The largest absolute Gasteiger partial charge is 0.368 e. The van der Waals surface area contributed by atoms with Gasteiger partial charge in [0.2, 0.25) is 5.95 Å². The fraction of sp³-hybridized carbons (Fsp3) is 0.471. The van der Waals surface area contributed by atoms with Crippen molar-refractivity contribution in [2.45, 2.75) is 26.3 Å². The van der Waals surface area contributed by atoms with E-state index in [4.69, 9.17) is 0 Å². The molecule has 0 atom stereocenters. The lowest BCUT2D eigenvalue weighted by atomic mass is 10.2. The number of pyridine rings is 1. The zero-order valence-corrected chi connectivity index (χ0v) is 14.4. The lowest BCUT2D eigenvalue weighted by molar-refractivity contribution is 0.405. The first-order valence-electron chi connectivity index (χ1n) is 8.00. The van der Waals surface area contributed by atoms with Crippen molar-refractivity contribution in [2.75, 3.05) is 37.8 Å². The predicted molar refractivity (Wildman–Crippen MR) is 95.7 cm³/mol. The molecule has 2 aromatic rings. The summed E-state index contributed by atoms with van der Waals surface area (Å²) in [4.78, 5) is 15.7. The van der Waals surface area contributed by atoms with E-state index in [1.54, 1.807) is 6.20 Å². The maximum absolute atomic E-state index is 4.59. The summed E-state index contributed by atoms with van der Waals surface area (Å²) in [5.41, 5.74) is 1.66. The standard InChI is InChI=1S/C17H26N6/c1-13(2)20-16-12-15(14-8-5-6-9-18-14)21-17(22-16)19-10-7-11-23(3)4/h5-6,8-9,12-13H,7,10-11H2,1-4H3,(H2,19,20,21,22). The molecule has 0 radical (unpaired) electrons. The smallest absolute Gasteiger partial charge is 0.225 e. The number of rotatable bonds is 8. The second kappa shape index (κ2) is 8.43. The van der Waals surface area contributed by atoms with Gasteiger partial charge in [-0.1, -0.05) is 6.07 Å². The third kappa shape index (κ3) is 5.83. The van der Waals surface area contributed by atoms with Crippen molar-refractivity contribution < 1.29 is 0 Å². The van der Waals surface area contributed by atoms with Gasteiger partial charge in [-0.05, 0) is 53.0 Å². The molecule has 0 aliphatic heterocycles. The van der Waals surface area contributed by atoms with Gasteiger partial charge in [0.05, 0.1) is 11.4 Å². The van der Waals surface area contributed by atoms with Crippen LogP contribution in [0.3, 0.4) is 0 Å². The van der Waals surface area contributed by atoms with E-state index >= 15 is 0 Å². The van der Waals surface area contributed by atoms with Crippen LogP contribution in [0.25, 0.3) is 11.4 Å². The summed E-state index contributed by atoms with van der Waals surface area (Å²) in [6.07, 6.45) is 2.81. The Balaban J connectivity index is 2.16. The summed E-state index contributed by atoms with van der Waals surface area (Å²) in [6, 6.07) is 8.07. The molecule has 0 aliphatic carbocycles. The van der Waals surface area contributed by atoms with Gasteiger partial charge < -0.3 is 15.5 Å². The van der Waals surface area contributed by atoms with Gasteiger partial charge in [-0.3, -0.25) is 4.98 Å². The van der Waals surface area contributed by atoms with Crippen molar-refractivity contribution in [3.8, 4) is 11.4 Å². The highest BCUT2D eigenvalue weighted by Crippen LogP contribution is 2.19. The topological polar surface area (TPSA) is 66.0 Å².